The van der Waals surface area contributed by atoms with Gasteiger partial charge in [0.05, 0.1) is 10.0 Å². The van der Waals surface area contributed by atoms with Gasteiger partial charge in [0.15, 0.2) is 0 Å². The Hall–Kier alpha value is -0.260. The molecule has 2 N–H and O–H groups in total. The molecule has 20 heavy (non-hydrogen) atoms. The van der Waals surface area contributed by atoms with E-state index in [1.165, 1.54) is 0 Å². The molecule has 1 heterocycles. The van der Waals surface area contributed by atoms with Crippen LogP contribution in [0.15, 0.2) is 28.1 Å². The van der Waals surface area contributed by atoms with Crippen molar-refractivity contribution in [1.82, 2.24) is 0 Å². The van der Waals surface area contributed by atoms with Gasteiger partial charge in [-0.05, 0) is 52.9 Å². The van der Waals surface area contributed by atoms with Crippen LogP contribution in [0.2, 0.25) is 10.0 Å². The van der Waals surface area contributed by atoms with Gasteiger partial charge in [-0.15, -0.1) is 11.3 Å². The van der Waals surface area contributed by atoms with Crippen molar-refractivity contribution in [3.63, 3.8) is 0 Å². The predicted octanol–water partition coefficient (Wildman–Crippen LogP) is 5.59. The van der Waals surface area contributed by atoms with E-state index in [9.17, 15) is 0 Å². The van der Waals surface area contributed by atoms with Crippen LogP contribution in [0.1, 0.15) is 23.5 Å². The Balaban J connectivity index is 2.35. The van der Waals surface area contributed by atoms with Gasteiger partial charge in [0.2, 0.25) is 0 Å². The first-order valence-electron chi connectivity index (χ1n) is 6.01. The Kier molecular flexibility index (Phi) is 5.37. The third-order valence-electron chi connectivity index (χ3n) is 2.87. The second-order valence-electron chi connectivity index (χ2n) is 4.56. The maximum atomic E-state index is 6.20. The molecule has 6 heteroatoms. The highest BCUT2D eigenvalue weighted by Crippen LogP contribution is 2.38. The summed E-state index contributed by atoms with van der Waals surface area (Å²) in [4.78, 5) is 1.11. The Morgan fingerprint density at radius 2 is 2.00 bits per heavy atom. The van der Waals surface area contributed by atoms with Crippen LogP contribution in [0.25, 0.3) is 0 Å². The minimum absolute atomic E-state index is 0.161. The molecular formula is C14H14BrCl2NOS. The summed E-state index contributed by atoms with van der Waals surface area (Å²) in [5.41, 5.74) is 7.22. The molecule has 0 bridgehead atoms. The normalized spacial score (nSPS) is 14.1. The average Bonchev–Trinajstić information content (AvgIpc) is 2.78. The third kappa shape index (κ3) is 3.49. The van der Waals surface area contributed by atoms with E-state index in [0.717, 1.165) is 14.9 Å². The van der Waals surface area contributed by atoms with Gasteiger partial charge in [-0.2, -0.15) is 0 Å². The zero-order chi connectivity index (χ0) is 14.9. The number of aryl methyl sites for hydroxylation is 1. The summed E-state index contributed by atoms with van der Waals surface area (Å²) in [6.07, 6.45) is -0.246. The van der Waals surface area contributed by atoms with Crippen molar-refractivity contribution in [3.05, 3.63) is 48.5 Å². The molecule has 2 nitrogen and oxygen atoms in total. The average molecular weight is 395 g/mol. The molecule has 0 aliphatic heterocycles. The quantitative estimate of drug-likeness (QED) is 0.685. The van der Waals surface area contributed by atoms with Crippen LogP contribution in [0.4, 0.5) is 0 Å². The highest BCUT2D eigenvalue weighted by molar-refractivity contribution is 9.10. The van der Waals surface area contributed by atoms with Crippen molar-refractivity contribution in [2.45, 2.75) is 26.0 Å². The van der Waals surface area contributed by atoms with Gasteiger partial charge < -0.3 is 10.5 Å². The lowest BCUT2D eigenvalue weighted by Crippen LogP contribution is -2.29. The van der Waals surface area contributed by atoms with E-state index in [1.54, 1.807) is 23.5 Å². The van der Waals surface area contributed by atoms with E-state index in [2.05, 4.69) is 22.0 Å². The Labute approximate surface area is 141 Å². The standard InChI is InChI=1S/C14H14BrCl2NOS/c1-7-3-4-20-14(7)13(8(2)18)19-12-6-10(16)9(15)5-11(12)17/h3-6,8,13H,18H2,1-2H3. The first kappa shape index (κ1) is 16.1. The molecule has 0 radical (unpaired) electrons. The van der Waals surface area contributed by atoms with Crippen LogP contribution >= 0.6 is 50.5 Å². The van der Waals surface area contributed by atoms with E-state index >= 15 is 0 Å². The number of halogens is 3. The van der Waals surface area contributed by atoms with E-state index in [4.69, 9.17) is 33.7 Å². The van der Waals surface area contributed by atoms with Gasteiger partial charge in [-0.25, -0.2) is 0 Å². The Bertz CT molecular complexity index is 615. The number of hydrogen-bond donors (Lipinski definition) is 1. The van der Waals surface area contributed by atoms with Crippen molar-refractivity contribution in [2.75, 3.05) is 0 Å². The zero-order valence-corrected chi connectivity index (χ0v) is 14.9. The number of benzene rings is 1. The second kappa shape index (κ2) is 6.67. The van der Waals surface area contributed by atoms with Crippen LogP contribution in [0.5, 0.6) is 5.75 Å². The van der Waals surface area contributed by atoms with Crippen LogP contribution < -0.4 is 10.5 Å². The molecule has 1 aromatic heterocycles. The fraction of sp³-hybridized carbons (Fsp3) is 0.286. The summed E-state index contributed by atoms with van der Waals surface area (Å²) in [5, 5.41) is 3.08. The lowest BCUT2D eigenvalue weighted by Gasteiger charge is -2.23. The van der Waals surface area contributed by atoms with Gasteiger partial charge in [-0.3, -0.25) is 0 Å². The summed E-state index contributed by atoms with van der Waals surface area (Å²) in [6, 6.07) is 5.31. The first-order chi connectivity index (χ1) is 9.40. The van der Waals surface area contributed by atoms with E-state index in [-0.39, 0.29) is 12.1 Å². The molecule has 1 aromatic carbocycles. The van der Waals surface area contributed by atoms with Crippen LogP contribution in [0, 0.1) is 6.92 Å². The monoisotopic (exact) mass is 393 g/mol. The molecule has 0 fully saturated rings. The molecule has 0 saturated carbocycles. The Morgan fingerprint density at radius 1 is 1.30 bits per heavy atom. The maximum absolute atomic E-state index is 6.20. The highest BCUT2D eigenvalue weighted by Gasteiger charge is 2.23. The summed E-state index contributed by atoms with van der Waals surface area (Å²) in [6.45, 7) is 3.96. The number of hydrogen-bond acceptors (Lipinski definition) is 3. The number of rotatable bonds is 4. The third-order valence-corrected chi connectivity index (χ3v) is 5.44. The number of ether oxygens (including phenoxy) is 1. The molecular weight excluding hydrogens is 381 g/mol. The van der Waals surface area contributed by atoms with E-state index in [1.807, 2.05) is 19.2 Å². The van der Waals surface area contributed by atoms with Gasteiger partial charge in [0, 0.05) is 21.5 Å². The summed E-state index contributed by atoms with van der Waals surface area (Å²) >= 11 is 17.3. The molecule has 2 atom stereocenters. The smallest absolute Gasteiger partial charge is 0.148 e. The molecule has 0 amide bonds. The lowest BCUT2D eigenvalue weighted by atomic mass is 10.1. The van der Waals surface area contributed by atoms with Crippen molar-refractivity contribution in [2.24, 2.45) is 5.73 Å². The fourth-order valence-corrected chi connectivity index (χ4v) is 3.71. The van der Waals surface area contributed by atoms with Gasteiger partial charge in [0.1, 0.15) is 11.9 Å². The Morgan fingerprint density at radius 3 is 2.55 bits per heavy atom. The molecule has 0 saturated heterocycles. The zero-order valence-electron chi connectivity index (χ0n) is 11.0. The highest BCUT2D eigenvalue weighted by atomic mass is 79.9. The summed E-state index contributed by atoms with van der Waals surface area (Å²) < 4.78 is 6.75. The van der Waals surface area contributed by atoms with Gasteiger partial charge in [0.25, 0.3) is 0 Å². The molecule has 2 aromatic rings. The first-order valence-corrected chi connectivity index (χ1v) is 8.43. The summed E-state index contributed by atoms with van der Waals surface area (Å²) in [5.74, 6) is 0.537. The number of thiophene rings is 1. The number of nitrogens with two attached hydrogens (primary N) is 1. The van der Waals surface area contributed by atoms with Crippen molar-refractivity contribution in [1.29, 1.82) is 0 Å². The van der Waals surface area contributed by atoms with E-state index in [0.29, 0.717) is 15.8 Å². The van der Waals surface area contributed by atoms with Crippen molar-refractivity contribution < 1.29 is 4.74 Å². The lowest BCUT2D eigenvalue weighted by molar-refractivity contribution is 0.183. The molecule has 0 spiro atoms. The molecule has 0 aliphatic rings. The summed E-state index contributed by atoms with van der Waals surface area (Å²) in [7, 11) is 0. The molecule has 2 unspecified atom stereocenters. The van der Waals surface area contributed by atoms with Gasteiger partial charge >= 0.3 is 0 Å². The van der Waals surface area contributed by atoms with Crippen LogP contribution in [0.3, 0.4) is 0 Å². The molecule has 108 valence electrons. The maximum Gasteiger partial charge on any atom is 0.148 e. The fourth-order valence-electron chi connectivity index (χ4n) is 1.81. The van der Waals surface area contributed by atoms with Crippen LogP contribution in [-0.4, -0.2) is 6.04 Å². The second-order valence-corrected chi connectivity index (χ2v) is 7.18. The molecule has 0 aliphatic carbocycles. The van der Waals surface area contributed by atoms with Gasteiger partial charge in [-0.1, -0.05) is 23.2 Å². The van der Waals surface area contributed by atoms with Crippen LogP contribution in [-0.2, 0) is 0 Å². The minimum atomic E-state index is -0.246. The van der Waals surface area contributed by atoms with E-state index < -0.39 is 0 Å². The largest absolute Gasteiger partial charge is 0.482 e. The molecule has 2 rings (SSSR count). The van der Waals surface area contributed by atoms with Crippen molar-refractivity contribution in [3.8, 4) is 5.75 Å². The SMILES string of the molecule is Cc1ccsc1C(Oc1cc(Cl)c(Br)cc1Cl)C(C)N. The predicted molar refractivity (Wildman–Crippen MR) is 90.2 cm³/mol. The topological polar surface area (TPSA) is 35.2 Å². The minimum Gasteiger partial charge on any atom is -0.482 e. The van der Waals surface area contributed by atoms with Crippen molar-refractivity contribution >= 4 is 50.5 Å².